The molecule has 0 atom stereocenters. The first-order valence-electron chi connectivity index (χ1n) is 5.68. The van der Waals surface area contributed by atoms with Gasteiger partial charge in [-0.25, -0.2) is 4.68 Å². The molecule has 3 nitrogen and oxygen atoms in total. The van der Waals surface area contributed by atoms with Gasteiger partial charge in [0.2, 0.25) is 0 Å². The van der Waals surface area contributed by atoms with Crippen molar-refractivity contribution in [3.63, 3.8) is 0 Å². The highest BCUT2D eigenvalue weighted by Gasteiger charge is 2.33. The van der Waals surface area contributed by atoms with Crippen molar-refractivity contribution in [1.82, 2.24) is 9.78 Å². The molecular weight excluding hydrogens is 257 g/mol. The number of halogens is 3. The molecule has 0 spiro atoms. The van der Waals surface area contributed by atoms with Crippen molar-refractivity contribution in [2.75, 3.05) is 0 Å². The number of nitrogens with zero attached hydrogens (tertiary/aromatic N) is 2. The lowest BCUT2D eigenvalue weighted by Gasteiger charge is -2.05. The lowest BCUT2D eigenvalue weighted by Crippen LogP contribution is -2.07. The molecule has 1 aromatic carbocycles. The maximum atomic E-state index is 12.4. The lowest BCUT2D eigenvalue weighted by molar-refractivity contribution is -0.141. The van der Waals surface area contributed by atoms with Crippen molar-refractivity contribution in [3.8, 4) is 5.69 Å². The van der Waals surface area contributed by atoms with Crippen LogP contribution < -0.4 is 0 Å². The quantitative estimate of drug-likeness (QED) is 0.799. The summed E-state index contributed by atoms with van der Waals surface area (Å²) in [6, 6.07) is 7.27. The zero-order valence-electron chi connectivity index (χ0n) is 10.1. The minimum atomic E-state index is -4.47. The van der Waals surface area contributed by atoms with E-state index in [4.69, 9.17) is 0 Å². The summed E-state index contributed by atoms with van der Waals surface area (Å²) in [6.45, 7) is 1.73. The minimum absolute atomic E-state index is 0.0648. The van der Waals surface area contributed by atoms with Gasteiger partial charge in [0.1, 0.15) is 0 Å². The molecule has 1 aromatic heterocycles. The van der Waals surface area contributed by atoms with Gasteiger partial charge in [0, 0.05) is 18.2 Å². The van der Waals surface area contributed by atoms with Crippen molar-refractivity contribution in [2.45, 2.75) is 19.5 Å². The van der Waals surface area contributed by atoms with E-state index in [1.807, 2.05) is 0 Å². The van der Waals surface area contributed by atoms with Gasteiger partial charge in [-0.15, -0.1) is 0 Å². The summed E-state index contributed by atoms with van der Waals surface area (Å²) in [5, 5.41) is 3.46. The molecule has 0 aliphatic carbocycles. The Kier molecular flexibility index (Phi) is 3.42. The van der Waals surface area contributed by atoms with Crippen molar-refractivity contribution in [3.05, 3.63) is 47.8 Å². The third-order valence-corrected chi connectivity index (χ3v) is 2.63. The van der Waals surface area contributed by atoms with Crippen molar-refractivity contribution < 1.29 is 18.0 Å². The van der Waals surface area contributed by atoms with Gasteiger partial charge in [0.15, 0.2) is 11.5 Å². The molecule has 1 heterocycles. The second-order valence-electron chi connectivity index (χ2n) is 3.97. The highest BCUT2D eigenvalue weighted by molar-refractivity contribution is 5.96. The average molecular weight is 268 g/mol. The predicted molar refractivity (Wildman–Crippen MR) is 63.2 cm³/mol. The maximum Gasteiger partial charge on any atom is 0.435 e. The number of rotatable bonds is 3. The summed E-state index contributed by atoms with van der Waals surface area (Å²) in [6.07, 6.45) is -2.91. The van der Waals surface area contributed by atoms with Gasteiger partial charge in [-0.1, -0.05) is 19.1 Å². The summed E-state index contributed by atoms with van der Waals surface area (Å²) >= 11 is 0. The van der Waals surface area contributed by atoms with E-state index in [1.54, 1.807) is 25.1 Å². The summed E-state index contributed by atoms with van der Waals surface area (Å²) in [5.41, 5.74) is -0.0708. The Hall–Kier alpha value is -2.11. The van der Waals surface area contributed by atoms with Gasteiger partial charge in [-0.05, 0) is 18.2 Å². The molecule has 0 N–H and O–H groups in total. The first kappa shape index (κ1) is 13.3. The van der Waals surface area contributed by atoms with E-state index in [1.165, 1.54) is 12.3 Å². The zero-order chi connectivity index (χ0) is 14.0. The number of benzene rings is 1. The Labute approximate surface area is 107 Å². The van der Waals surface area contributed by atoms with Crippen molar-refractivity contribution in [1.29, 1.82) is 0 Å². The van der Waals surface area contributed by atoms with E-state index in [0.29, 0.717) is 17.7 Å². The highest BCUT2D eigenvalue weighted by Crippen LogP contribution is 2.27. The molecule has 0 unspecified atom stereocenters. The third kappa shape index (κ3) is 2.83. The monoisotopic (exact) mass is 268 g/mol. The van der Waals surface area contributed by atoms with Gasteiger partial charge in [0.05, 0.1) is 5.69 Å². The second-order valence-corrected chi connectivity index (χ2v) is 3.97. The molecular formula is C13H11F3N2O. The normalized spacial score (nSPS) is 11.6. The smallest absolute Gasteiger partial charge is 0.294 e. The summed E-state index contributed by atoms with van der Waals surface area (Å²) in [7, 11) is 0. The van der Waals surface area contributed by atoms with E-state index in [-0.39, 0.29) is 5.78 Å². The molecule has 2 aromatic rings. The van der Waals surface area contributed by atoms with Gasteiger partial charge in [0.25, 0.3) is 0 Å². The van der Waals surface area contributed by atoms with Crippen LogP contribution in [-0.4, -0.2) is 15.6 Å². The van der Waals surface area contributed by atoms with Crippen LogP contribution in [0.1, 0.15) is 29.4 Å². The van der Waals surface area contributed by atoms with Crippen molar-refractivity contribution in [2.24, 2.45) is 0 Å². The van der Waals surface area contributed by atoms with Crippen LogP contribution in [0.3, 0.4) is 0 Å². The first-order chi connectivity index (χ1) is 8.91. The van der Waals surface area contributed by atoms with Crippen molar-refractivity contribution >= 4 is 5.78 Å². The Balaban J connectivity index is 2.37. The predicted octanol–water partition coefficient (Wildman–Crippen LogP) is 3.48. The second kappa shape index (κ2) is 4.87. The molecule has 0 saturated carbocycles. The molecule has 2 rings (SSSR count). The molecule has 100 valence electrons. The Bertz CT molecular complexity index is 602. The Morgan fingerprint density at radius 3 is 2.63 bits per heavy atom. The molecule has 0 bridgehead atoms. The average Bonchev–Trinajstić information content (AvgIpc) is 2.87. The molecule has 6 heteroatoms. The van der Waals surface area contributed by atoms with E-state index in [0.717, 1.165) is 10.7 Å². The number of hydrogen-bond acceptors (Lipinski definition) is 2. The number of alkyl halides is 3. The number of carbonyl (C=O) groups excluding carboxylic acids is 1. The number of ketones is 1. The fourth-order valence-corrected chi connectivity index (χ4v) is 1.64. The SMILES string of the molecule is CCC(=O)c1cccc(-n2ccc(C(F)(F)F)n2)c1. The van der Waals surface area contributed by atoms with Gasteiger partial charge < -0.3 is 0 Å². The number of Topliss-reactive ketones (excluding diaryl/α,β-unsaturated/α-hetero) is 1. The summed E-state index contributed by atoms with van der Waals surface area (Å²) in [4.78, 5) is 11.6. The van der Waals surface area contributed by atoms with Gasteiger partial charge in [-0.3, -0.25) is 4.79 Å². The fourth-order valence-electron chi connectivity index (χ4n) is 1.64. The number of hydrogen-bond donors (Lipinski definition) is 0. The molecule has 0 saturated heterocycles. The van der Waals surface area contributed by atoms with Crippen LogP contribution in [0.2, 0.25) is 0 Å². The van der Waals surface area contributed by atoms with Crippen LogP contribution >= 0.6 is 0 Å². The van der Waals surface area contributed by atoms with E-state index >= 15 is 0 Å². The molecule has 0 radical (unpaired) electrons. The molecule has 0 amide bonds. The topological polar surface area (TPSA) is 34.9 Å². The number of aromatic nitrogens is 2. The standard InChI is InChI=1S/C13H11F3N2O/c1-2-11(19)9-4-3-5-10(8-9)18-7-6-12(17-18)13(14,15)16/h3-8H,2H2,1H3. The molecule has 0 aliphatic heterocycles. The van der Waals surface area contributed by atoms with Crippen LogP contribution in [0.5, 0.6) is 0 Å². The summed E-state index contributed by atoms with van der Waals surface area (Å²) in [5.74, 6) is -0.0648. The van der Waals surface area contributed by atoms with E-state index < -0.39 is 11.9 Å². The van der Waals surface area contributed by atoms with Crippen LogP contribution in [-0.2, 0) is 6.18 Å². The van der Waals surface area contributed by atoms with Crippen LogP contribution in [0, 0.1) is 0 Å². The van der Waals surface area contributed by atoms with Crippen LogP contribution in [0.25, 0.3) is 5.69 Å². The molecule has 0 fully saturated rings. The first-order valence-corrected chi connectivity index (χ1v) is 5.68. The third-order valence-electron chi connectivity index (χ3n) is 2.63. The summed E-state index contributed by atoms with van der Waals surface area (Å²) < 4.78 is 38.5. The molecule has 0 aliphatic rings. The van der Waals surface area contributed by atoms with E-state index in [2.05, 4.69) is 5.10 Å². The zero-order valence-corrected chi connectivity index (χ0v) is 10.1. The lowest BCUT2D eigenvalue weighted by atomic mass is 10.1. The minimum Gasteiger partial charge on any atom is -0.294 e. The van der Waals surface area contributed by atoms with Gasteiger partial charge >= 0.3 is 6.18 Å². The highest BCUT2D eigenvalue weighted by atomic mass is 19.4. The maximum absolute atomic E-state index is 12.4. The van der Waals surface area contributed by atoms with E-state index in [9.17, 15) is 18.0 Å². The number of carbonyl (C=O) groups is 1. The fraction of sp³-hybridized carbons (Fsp3) is 0.231. The van der Waals surface area contributed by atoms with Crippen LogP contribution in [0.4, 0.5) is 13.2 Å². The Morgan fingerprint density at radius 2 is 2.05 bits per heavy atom. The molecule has 19 heavy (non-hydrogen) atoms. The van der Waals surface area contributed by atoms with Gasteiger partial charge in [-0.2, -0.15) is 18.3 Å². The largest absolute Gasteiger partial charge is 0.435 e. The van der Waals surface area contributed by atoms with Crippen LogP contribution in [0.15, 0.2) is 36.5 Å². The Morgan fingerprint density at radius 1 is 1.32 bits per heavy atom.